The molecule has 0 radical (unpaired) electrons. The Morgan fingerprint density at radius 3 is 2.64 bits per heavy atom. The second kappa shape index (κ2) is 7.26. The molecule has 0 aliphatic heterocycles. The van der Waals surface area contributed by atoms with Crippen LogP contribution in [0.2, 0.25) is 0 Å². The zero-order valence-corrected chi connectivity index (χ0v) is 15.9. The lowest BCUT2D eigenvalue weighted by atomic mass is 10.1. The highest BCUT2D eigenvalue weighted by Crippen LogP contribution is 2.25. The summed E-state index contributed by atoms with van der Waals surface area (Å²) in [5, 5.41) is 3.59. The zero-order chi connectivity index (χ0) is 18.0. The second-order valence-electron chi connectivity index (χ2n) is 5.64. The molecule has 2 aromatic carbocycles. The summed E-state index contributed by atoms with van der Waals surface area (Å²) in [7, 11) is 0. The van der Waals surface area contributed by atoms with E-state index in [9.17, 15) is 9.59 Å². The quantitative estimate of drug-likeness (QED) is 0.472. The van der Waals surface area contributed by atoms with Gasteiger partial charge < -0.3 is 14.5 Å². The van der Waals surface area contributed by atoms with Crippen LogP contribution in [0, 0.1) is 17.4 Å². The number of para-hydroxylation sites is 1. The van der Waals surface area contributed by atoms with Gasteiger partial charge in [-0.25, -0.2) is 4.79 Å². The molecule has 3 rings (SSSR count). The number of carbonyl (C=O) groups is 2. The van der Waals surface area contributed by atoms with E-state index >= 15 is 0 Å². The molecule has 0 unspecified atom stereocenters. The van der Waals surface area contributed by atoms with Crippen LogP contribution in [0.25, 0.3) is 11.0 Å². The third-order valence-corrected chi connectivity index (χ3v) is 4.50. The average molecular weight is 449 g/mol. The van der Waals surface area contributed by atoms with Crippen molar-refractivity contribution in [2.45, 2.75) is 13.8 Å². The summed E-state index contributed by atoms with van der Waals surface area (Å²) in [6.07, 6.45) is 0. The Morgan fingerprint density at radius 2 is 1.92 bits per heavy atom. The van der Waals surface area contributed by atoms with Gasteiger partial charge in [0, 0.05) is 20.2 Å². The van der Waals surface area contributed by atoms with Gasteiger partial charge in [0.1, 0.15) is 5.58 Å². The number of rotatable bonds is 4. The summed E-state index contributed by atoms with van der Waals surface area (Å²) in [6.45, 7) is 3.32. The van der Waals surface area contributed by atoms with Gasteiger partial charge in [-0.3, -0.25) is 4.79 Å². The van der Waals surface area contributed by atoms with Crippen molar-refractivity contribution >= 4 is 51.1 Å². The molecule has 0 bridgehead atoms. The topological polar surface area (TPSA) is 68.5 Å². The van der Waals surface area contributed by atoms with Crippen molar-refractivity contribution in [3.05, 3.63) is 62.9 Å². The van der Waals surface area contributed by atoms with Crippen molar-refractivity contribution in [3.63, 3.8) is 0 Å². The zero-order valence-electron chi connectivity index (χ0n) is 13.8. The van der Waals surface area contributed by atoms with E-state index in [1.165, 1.54) is 0 Å². The van der Waals surface area contributed by atoms with Crippen molar-refractivity contribution in [2.24, 2.45) is 0 Å². The van der Waals surface area contributed by atoms with Crippen molar-refractivity contribution in [2.75, 3.05) is 11.9 Å². The highest BCUT2D eigenvalue weighted by Gasteiger charge is 2.19. The van der Waals surface area contributed by atoms with Gasteiger partial charge in [-0.1, -0.05) is 18.2 Å². The summed E-state index contributed by atoms with van der Waals surface area (Å²) >= 11 is 2.20. The monoisotopic (exact) mass is 449 g/mol. The van der Waals surface area contributed by atoms with Crippen LogP contribution in [0.1, 0.15) is 21.7 Å². The van der Waals surface area contributed by atoms with Crippen LogP contribution in [0.5, 0.6) is 0 Å². The normalized spacial score (nSPS) is 10.7. The fourth-order valence-electron chi connectivity index (χ4n) is 2.52. The molecule has 0 aliphatic carbocycles. The number of ether oxygens (including phenoxy) is 1. The molecule has 0 atom stereocenters. The number of esters is 1. The maximum Gasteiger partial charge on any atom is 0.375 e. The average Bonchev–Trinajstić information content (AvgIpc) is 2.93. The first kappa shape index (κ1) is 17.5. The lowest BCUT2D eigenvalue weighted by Crippen LogP contribution is -2.21. The first-order valence-electron chi connectivity index (χ1n) is 7.67. The van der Waals surface area contributed by atoms with Gasteiger partial charge in [-0.15, -0.1) is 0 Å². The van der Waals surface area contributed by atoms with Gasteiger partial charge in [-0.05, 0) is 66.3 Å². The molecule has 3 aromatic rings. The van der Waals surface area contributed by atoms with Gasteiger partial charge in [-0.2, -0.15) is 0 Å². The molecular weight excluding hydrogens is 433 g/mol. The smallest absolute Gasteiger partial charge is 0.375 e. The fourth-order valence-corrected chi connectivity index (χ4v) is 3.17. The number of nitrogens with one attached hydrogen (secondary N) is 1. The highest BCUT2D eigenvalue weighted by molar-refractivity contribution is 14.1. The Bertz CT molecular complexity index is 961. The third kappa shape index (κ3) is 3.84. The van der Waals surface area contributed by atoms with E-state index in [-0.39, 0.29) is 12.4 Å². The van der Waals surface area contributed by atoms with Gasteiger partial charge >= 0.3 is 5.97 Å². The SMILES string of the molecule is Cc1cc(I)ccc1NC(=O)COC(=O)c1oc2ccccc2c1C. The summed E-state index contributed by atoms with van der Waals surface area (Å²) < 4.78 is 11.7. The molecule has 0 saturated carbocycles. The molecular formula is C19H16INO4. The van der Waals surface area contributed by atoms with Crippen molar-refractivity contribution < 1.29 is 18.7 Å². The predicted octanol–water partition coefficient (Wildman–Crippen LogP) is 4.45. The van der Waals surface area contributed by atoms with E-state index < -0.39 is 11.9 Å². The lowest BCUT2D eigenvalue weighted by Gasteiger charge is -2.09. The molecule has 6 heteroatoms. The standard InChI is InChI=1S/C19H16INO4/c1-11-9-13(20)7-8-15(11)21-17(22)10-24-19(23)18-12(2)14-5-3-4-6-16(14)25-18/h3-9H,10H2,1-2H3,(H,21,22). The van der Waals surface area contributed by atoms with E-state index in [0.29, 0.717) is 16.8 Å². The minimum Gasteiger partial charge on any atom is -0.450 e. The molecule has 1 N–H and O–H groups in total. The number of aryl methyl sites for hydroxylation is 2. The van der Waals surface area contributed by atoms with E-state index in [1.807, 2.05) is 43.3 Å². The molecule has 0 aliphatic rings. The van der Waals surface area contributed by atoms with Crippen molar-refractivity contribution in [1.29, 1.82) is 0 Å². The molecule has 25 heavy (non-hydrogen) atoms. The first-order chi connectivity index (χ1) is 12.0. The molecule has 1 heterocycles. The maximum atomic E-state index is 12.2. The number of hydrogen-bond acceptors (Lipinski definition) is 4. The summed E-state index contributed by atoms with van der Waals surface area (Å²) in [5.74, 6) is -0.922. The summed E-state index contributed by atoms with van der Waals surface area (Å²) in [5.41, 5.74) is 2.96. The first-order valence-corrected chi connectivity index (χ1v) is 8.75. The fraction of sp³-hybridized carbons (Fsp3) is 0.158. The molecule has 1 amide bonds. The molecule has 0 fully saturated rings. The van der Waals surface area contributed by atoms with Crippen LogP contribution in [0.15, 0.2) is 46.9 Å². The minimum absolute atomic E-state index is 0.124. The van der Waals surface area contributed by atoms with E-state index in [2.05, 4.69) is 27.9 Å². The number of fused-ring (bicyclic) bond motifs is 1. The van der Waals surface area contributed by atoms with Crippen LogP contribution >= 0.6 is 22.6 Å². The predicted molar refractivity (Wildman–Crippen MR) is 104 cm³/mol. The Hall–Kier alpha value is -2.35. The summed E-state index contributed by atoms with van der Waals surface area (Å²) in [4.78, 5) is 24.2. The number of halogens is 1. The minimum atomic E-state index is -0.650. The van der Waals surface area contributed by atoms with E-state index in [4.69, 9.17) is 9.15 Å². The lowest BCUT2D eigenvalue weighted by molar-refractivity contribution is -0.119. The van der Waals surface area contributed by atoms with Crippen LogP contribution < -0.4 is 5.32 Å². The highest BCUT2D eigenvalue weighted by atomic mass is 127. The van der Waals surface area contributed by atoms with Gasteiger partial charge in [0.15, 0.2) is 6.61 Å². The van der Waals surface area contributed by atoms with E-state index in [1.54, 1.807) is 13.0 Å². The molecule has 0 spiro atoms. The van der Waals surface area contributed by atoms with Gasteiger partial charge in [0.25, 0.3) is 5.91 Å². The number of carbonyl (C=O) groups excluding carboxylic acids is 2. The van der Waals surface area contributed by atoms with Crippen LogP contribution in [-0.2, 0) is 9.53 Å². The Balaban J connectivity index is 1.65. The number of furan rings is 1. The third-order valence-electron chi connectivity index (χ3n) is 3.83. The molecule has 5 nitrogen and oxygen atoms in total. The molecule has 0 saturated heterocycles. The largest absolute Gasteiger partial charge is 0.450 e. The van der Waals surface area contributed by atoms with Gasteiger partial charge in [0.2, 0.25) is 5.76 Å². The van der Waals surface area contributed by atoms with Crippen LogP contribution in [0.3, 0.4) is 0 Å². The molecule has 128 valence electrons. The van der Waals surface area contributed by atoms with E-state index in [0.717, 1.165) is 14.5 Å². The second-order valence-corrected chi connectivity index (χ2v) is 6.88. The van der Waals surface area contributed by atoms with Crippen molar-refractivity contribution in [1.82, 2.24) is 0 Å². The van der Waals surface area contributed by atoms with Crippen LogP contribution in [0.4, 0.5) is 5.69 Å². The van der Waals surface area contributed by atoms with Crippen molar-refractivity contribution in [3.8, 4) is 0 Å². The maximum absolute atomic E-state index is 12.2. The van der Waals surface area contributed by atoms with Crippen LogP contribution in [-0.4, -0.2) is 18.5 Å². The summed E-state index contributed by atoms with van der Waals surface area (Å²) in [6, 6.07) is 13.0. The van der Waals surface area contributed by atoms with Gasteiger partial charge in [0.05, 0.1) is 0 Å². The number of amides is 1. The Labute approximate surface area is 158 Å². The number of anilines is 1. The Kier molecular flexibility index (Phi) is 5.08. The molecule has 1 aromatic heterocycles. The Morgan fingerprint density at radius 1 is 1.16 bits per heavy atom. The number of benzene rings is 2. The number of hydrogen-bond donors (Lipinski definition) is 1.